The third kappa shape index (κ3) is 3.14. The Bertz CT molecular complexity index is 1590. The molecule has 3 heterocycles. The molecule has 2 atom stereocenters. The van der Waals surface area contributed by atoms with Crippen LogP contribution in [0.5, 0.6) is 0 Å². The lowest BCUT2D eigenvalue weighted by Crippen LogP contribution is -2.32. The molecule has 1 aliphatic heterocycles. The lowest BCUT2D eigenvalue weighted by atomic mass is 10.2. The van der Waals surface area contributed by atoms with E-state index in [4.69, 9.17) is 0 Å². The lowest BCUT2D eigenvalue weighted by molar-refractivity contribution is -0.384. The fourth-order valence-electron chi connectivity index (χ4n) is 4.46. The van der Waals surface area contributed by atoms with E-state index >= 15 is 0 Å². The maximum absolute atomic E-state index is 13.4. The summed E-state index contributed by atoms with van der Waals surface area (Å²) in [5.41, 5.74) is 1.52. The van der Waals surface area contributed by atoms with Crippen molar-refractivity contribution < 1.29 is 10.0 Å². The zero-order valence-electron chi connectivity index (χ0n) is 18.0. The number of hydrogen-bond donors (Lipinski definition) is 1. The average Bonchev–Trinajstić information content (AvgIpc) is 3.46. The fraction of sp³-hybridized carbons (Fsp3) is 0.120. The van der Waals surface area contributed by atoms with Crippen molar-refractivity contribution in [1.82, 2.24) is 14.0 Å². The highest BCUT2D eigenvalue weighted by atomic mass is 16.6. The predicted octanol–water partition coefficient (Wildman–Crippen LogP) is 3.75. The topological polar surface area (TPSA) is 117 Å². The molecule has 4 aromatic rings. The van der Waals surface area contributed by atoms with Crippen molar-refractivity contribution in [2.75, 3.05) is 0 Å². The summed E-state index contributed by atoms with van der Waals surface area (Å²) in [5, 5.41) is 32.4. The molecular weight excluding hydrogens is 434 g/mol. The molecule has 2 unspecified atom stereocenters. The Morgan fingerprint density at radius 1 is 1.15 bits per heavy atom. The van der Waals surface area contributed by atoms with Gasteiger partial charge in [-0.25, -0.2) is 4.90 Å². The molecule has 0 aliphatic carbocycles. The van der Waals surface area contributed by atoms with E-state index in [0.29, 0.717) is 16.7 Å². The molecule has 0 saturated heterocycles. The molecular formula is C25H18N5O4+. The van der Waals surface area contributed by atoms with Crippen molar-refractivity contribution in [2.24, 2.45) is 0 Å². The monoisotopic (exact) mass is 452 g/mol. The van der Waals surface area contributed by atoms with E-state index in [2.05, 4.69) is 6.08 Å². The average molecular weight is 452 g/mol. The summed E-state index contributed by atoms with van der Waals surface area (Å²) in [6, 6.07) is 16.6. The number of fused-ring (bicyclic) bond motifs is 3. The van der Waals surface area contributed by atoms with Crippen molar-refractivity contribution in [3.05, 3.63) is 105 Å². The van der Waals surface area contributed by atoms with E-state index in [-0.39, 0.29) is 11.3 Å². The minimum Gasteiger partial charge on any atom is -0.389 e. The van der Waals surface area contributed by atoms with Gasteiger partial charge in [-0.3, -0.25) is 19.5 Å². The zero-order valence-corrected chi connectivity index (χ0v) is 18.0. The molecule has 0 bridgehead atoms. The summed E-state index contributed by atoms with van der Waals surface area (Å²) in [6.07, 6.45) is 6.81. The Balaban J connectivity index is 1.92. The van der Waals surface area contributed by atoms with E-state index in [1.165, 1.54) is 34.9 Å². The third-order valence-electron chi connectivity index (χ3n) is 5.87. The smallest absolute Gasteiger partial charge is 0.273 e. The van der Waals surface area contributed by atoms with Gasteiger partial charge in [0.15, 0.2) is 18.4 Å². The number of aliphatic hydroxyl groups is 1. The SMILES string of the molecule is CC(O)C(N1C=[C+]C=C1)n1c2ccccc2c2c1cc(C#N)c(=O)n2-c1ccc([N+](=O)[O-])cc1. The maximum Gasteiger partial charge on any atom is 0.273 e. The Hall–Kier alpha value is -4.77. The largest absolute Gasteiger partial charge is 0.389 e. The molecule has 1 N–H and O–H groups in total. The first-order valence-corrected chi connectivity index (χ1v) is 10.5. The van der Waals surface area contributed by atoms with E-state index < -0.39 is 22.8 Å². The summed E-state index contributed by atoms with van der Waals surface area (Å²) in [5.74, 6) is 0. The van der Waals surface area contributed by atoms with Gasteiger partial charge in [-0.15, -0.1) is 0 Å². The maximum atomic E-state index is 13.4. The molecule has 0 saturated carbocycles. The Kier molecular flexibility index (Phi) is 4.95. The molecule has 9 nitrogen and oxygen atoms in total. The van der Waals surface area contributed by atoms with Crippen LogP contribution in [0.15, 0.2) is 77.9 Å². The second kappa shape index (κ2) is 7.98. The highest BCUT2D eigenvalue weighted by Crippen LogP contribution is 2.36. The van der Waals surface area contributed by atoms with Gasteiger partial charge in [-0.1, -0.05) is 18.2 Å². The highest BCUT2D eigenvalue weighted by Gasteiger charge is 2.31. The van der Waals surface area contributed by atoms with E-state index in [1.807, 2.05) is 39.8 Å². The standard InChI is InChI=1S/C25H18N5O4/c1-16(31)24(27-12-4-5-13-27)29-21-7-3-2-6-20(21)23-22(29)14-17(15-26)25(32)28(23)18-8-10-19(11-9-18)30(33)34/h2-4,6-14,16,24,31H,1H3/q+1. The lowest BCUT2D eigenvalue weighted by Gasteiger charge is -2.27. The van der Waals surface area contributed by atoms with Crippen LogP contribution < -0.4 is 5.56 Å². The molecule has 9 heteroatoms. The zero-order chi connectivity index (χ0) is 24.0. The van der Waals surface area contributed by atoms with Crippen LogP contribution in [-0.2, 0) is 0 Å². The van der Waals surface area contributed by atoms with Crippen LogP contribution >= 0.6 is 0 Å². The van der Waals surface area contributed by atoms with Gasteiger partial charge >= 0.3 is 0 Å². The number of pyridine rings is 1. The fourth-order valence-corrected chi connectivity index (χ4v) is 4.46. The molecule has 34 heavy (non-hydrogen) atoms. The molecule has 1 aliphatic rings. The number of benzene rings is 2. The molecule has 5 rings (SSSR count). The molecule has 0 radical (unpaired) electrons. The van der Waals surface area contributed by atoms with Gasteiger partial charge in [0.1, 0.15) is 23.9 Å². The van der Waals surface area contributed by atoms with Crippen LogP contribution in [0.3, 0.4) is 0 Å². The van der Waals surface area contributed by atoms with Gasteiger partial charge in [-0.2, -0.15) is 5.26 Å². The first-order valence-electron chi connectivity index (χ1n) is 10.5. The first-order chi connectivity index (χ1) is 16.4. The molecule has 2 aromatic carbocycles. The number of nitro benzene ring substituents is 1. The Morgan fingerprint density at radius 2 is 1.88 bits per heavy atom. The molecule has 2 aromatic heterocycles. The highest BCUT2D eigenvalue weighted by molar-refractivity contribution is 6.07. The Morgan fingerprint density at radius 3 is 2.50 bits per heavy atom. The minimum atomic E-state index is -0.829. The van der Waals surface area contributed by atoms with Crippen LogP contribution in [0.1, 0.15) is 18.7 Å². The van der Waals surface area contributed by atoms with Gasteiger partial charge in [0.05, 0.1) is 27.6 Å². The number of non-ortho nitro benzene ring substituents is 1. The quantitative estimate of drug-likeness (QED) is 0.280. The minimum absolute atomic E-state index is 0.0849. The van der Waals surface area contributed by atoms with Crippen molar-refractivity contribution in [3.63, 3.8) is 0 Å². The molecule has 166 valence electrons. The second-order valence-electron chi connectivity index (χ2n) is 7.92. The van der Waals surface area contributed by atoms with Gasteiger partial charge in [-0.05, 0) is 31.2 Å². The third-order valence-corrected chi connectivity index (χ3v) is 5.87. The van der Waals surface area contributed by atoms with Crippen molar-refractivity contribution in [3.8, 4) is 11.8 Å². The van der Waals surface area contributed by atoms with Crippen molar-refractivity contribution in [1.29, 1.82) is 5.26 Å². The van der Waals surface area contributed by atoms with Crippen LogP contribution in [0.4, 0.5) is 5.69 Å². The van der Waals surface area contributed by atoms with E-state index in [9.17, 15) is 25.3 Å². The number of aliphatic hydroxyl groups excluding tert-OH is 1. The number of allylic oxidation sites excluding steroid dienone is 2. The number of nitro groups is 1. The molecule has 0 fully saturated rings. The van der Waals surface area contributed by atoms with Gasteiger partial charge in [0.2, 0.25) is 0 Å². The van der Waals surface area contributed by atoms with Crippen LogP contribution in [0, 0.1) is 27.5 Å². The summed E-state index contributed by atoms with van der Waals surface area (Å²) in [4.78, 5) is 25.8. The predicted molar refractivity (Wildman–Crippen MR) is 126 cm³/mol. The summed E-state index contributed by atoms with van der Waals surface area (Å²) >= 11 is 0. The number of para-hydroxylation sites is 1. The van der Waals surface area contributed by atoms with Gasteiger partial charge in [0.25, 0.3) is 11.2 Å². The van der Waals surface area contributed by atoms with Crippen LogP contribution in [-0.4, -0.2) is 30.2 Å². The van der Waals surface area contributed by atoms with Crippen molar-refractivity contribution in [2.45, 2.75) is 19.2 Å². The number of nitrogens with zero attached hydrogens (tertiary/aromatic N) is 5. The second-order valence-corrected chi connectivity index (χ2v) is 7.92. The Labute approximate surface area is 193 Å². The van der Waals surface area contributed by atoms with E-state index in [0.717, 1.165) is 10.9 Å². The van der Waals surface area contributed by atoms with Gasteiger partial charge < -0.3 is 9.67 Å². The number of hydrogen-bond acceptors (Lipinski definition) is 6. The van der Waals surface area contributed by atoms with Crippen molar-refractivity contribution >= 4 is 27.6 Å². The number of rotatable bonds is 5. The number of aromatic nitrogens is 2. The van der Waals surface area contributed by atoms with Crippen LogP contribution in [0.25, 0.3) is 27.6 Å². The summed E-state index contributed by atoms with van der Waals surface area (Å²) < 4.78 is 3.29. The van der Waals surface area contributed by atoms with Gasteiger partial charge in [0, 0.05) is 23.2 Å². The van der Waals surface area contributed by atoms with E-state index in [1.54, 1.807) is 25.4 Å². The summed E-state index contributed by atoms with van der Waals surface area (Å²) in [6.45, 7) is 1.67. The molecule has 0 amide bonds. The number of nitriles is 1. The first kappa shape index (κ1) is 21.1. The van der Waals surface area contributed by atoms with Crippen LogP contribution in [0.2, 0.25) is 0 Å². The molecule has 0 spiro atoms. The summed E-state index contributed by atoms with van der Waals surface area (Å²) in [7, 11) is 0. The normalized spacial score (nSPS) is 14.3.